The van der Waals surface area contributed by atoms with Crippen molar-refractivity contribution in [2.75, 3.05) is 19.6 Å². The van der Waals surface area contributed by atoms with E-state index in [2.05, 4.69) is 29.6 Å². The molecule has 2 nitrogen and oxygen atoms in total. The van der Waals surface area contributed by atoms with E-state index >= 15 is 0 Å². The fourth-order valence-corrected chi connectivity index (χ4v) is 3.04. The van der Waals surface area contributed by atoms with Crippen LogP contribution in [0.25, 0.3) is 0 Å². The van der Waals surface area contributed by atoms with Crippen LogP contribution in [0.4, 0.5) is 0 Å². The summed E-state index contributed by atoms with van der Waals surface area (Å²) in [6.45, 7) is 3.14. The Kier molecular flexibility index (Phi) is 2.93. The number of rotatable bonds is 3. The third kappa shape index (κ3) is 2.12. The molecule has 1 heterocycles. The van der Waals surface area contributed by atoms with Crippen LogP contribution in [-0.4, -0.2) is 19.6 Å². The number of hydrogen-bond donors (Lipinski definition) is 2. The molecule has 0 bridgehead atoms. The van der Waals surface area contributed by atoms with E-state index in [1.807, 2.05) is 0 Å². The van der Waals surface area contributed by atoms with E-state index < -0.39 is 0 Å². The zero-order chi connectivity index (χ0) is 11.7. The highest BCUT2D eigenvalue weighted by Gasteiger charge is 2.42. The van der Waals surface area contributed by atoms with Crippen LogP contribution < -0.4 is 11.1 Å². The van der Waals surface area contributed by atoms with E-state index in [-0.39, 0.29) is 0 Å². The predicted octanol–water partition coefficient (Wildman–Crippen LogP) is 2.14. The van der Waals surface area contributed by atoms with Crippen molar-refractivity contribution < 1.29 is 0 Å². The second-order valence-electron chi connectivity index (χ2n) is 5.63. The van der Waals surface area contributed by atoms with Crippen LogP contribution in [0, 0.1) is 0 Å². The first-order chi connectivity index (χ1) is 8.34. The second-order valence-corrected chi connectivity index (χ2v) is 5.63. The second kappa shape index (κ2) is 4.43. The molecule has 2 heteroatoms. The minimum absolute atomic E-state index is 0.336. The van der Waals surface area contributed by atoms with Gasteiger partial charge in [0.05, 0.1) is 0 Å². The quantitative estimate of drug-likeness (QED) is 0.835. The van der Waals surface area contributed by atoms with E-state index in [0.717, 1.165) is 25.6 Å². The van der Waals surface area contributed by atoms with E-state index in [4.69, 9.17) is 5.73 Å². The molecular weight excluding hydrogens is 208 g/mol. The summed E-state index contributed by atoms with van der Waals surface area (Å²) >= 11 is 0. The summed E-state index contributed by atoms with van der Waals surface area (Å²) in [4.78, 5) is 0. The van der Waals surface area contributed by atoms with Gasteiger partial charge in [0.15, 0.2) is 0 Å². The van der Waals surface area contributed by atoms with Gasteiger partial charge in [0.2, 0.25) is 0 Å². The lowest BCUT2D eigenvalue weighted by Gasteiger charge is -2.24. The van der Waals surface area contributed by atoms with Gasteiger partial charge in [-0.3, -0.25) is 0 Å². The third-order valence-electron chi connectivity index (χ3n) is 4.55. The molecule has 0 radical (unpaired) electrons. The fraction of sp³-hybridized carbons (Fsp3) is 0.600. The lowest BCUT2D eigenvalue weighted by Crippen LogP contribution is -2.27. The molecule has 0 aromatic heterocycles. The summed E-state index contributed by atoms with van der Waals surface area (Å²) in [6, 6.07) is 9.22. The van der Waals surface area contributed by atoms with Crippen LogP contribution in [0.2, 0.25) is 0 Å². The Morgan fingerprint density at radius 2 is 2.00 bits per heavy atom. The molecule has 2 fully saturated rings. The third-order valence-corrected chi connectivity index (χ3v) is 4.55. The van der Waals surface area contributed by atoms with Gasteiger partial charge in [-0.15, -0.1) is 0 Å². The Morgan fingerprint density at radius 3 is 2.65 bits per heavy atom. The van der Waals surface area contributed by atoms with Crippen molar-refractivity contribution in [3.05, 3.63) is 35.4 Å². The van der Waals surface area contributed by atoms with Crippen LogP contribution in [0.3, 0.4) is 0 Å². The first kappa shape index (κ1) is 11.2. The summed E-state index contributed by atoms with van der Waals surface area (Å²) < 4.78 is 0. The predicted molar refractivity (Wildman–Crippen MR) is 71.3 cm³/mol. The van der Waals surface area contributed by atoms with Crippen LogP contribution in [-0.2, 0) is 5.41 Å². The summed E-state index contributed by atoms with van der Waals surface area (Å²) in [7, 11) is 0. The average molecular weight is 230 g/mol. The highest BCUT2D eigenvalue weighted by Crippen LogP contribution is 2.47. The number of piperidine rings is 1. The van der Waals surface area contributed by atoms with Crippen molar-refractivity contribution in [3.63, 3.8) is 0 Å². The zero-order valence-electron chi connectivity index (χ0n) is 10.4. The van der Waals surface area contributed by atoms with Gasteiger partial charge in [0, 0.05) is 12.0 Å². The average Bonchev–Trinajstić information content (AvgIpc) is 3.21. The molecule has 0 spiro atoms. The molecule has 1 saturated carbocycles. The van der Waals surface area contributed by atoms with Crippen molar-refractivity contribution >= 4 is 0 Å². The molecular formula is C15H22N2. The van der Waals surface area contributed by atoms with Gasteiger partial charge < -0.3 is 11.1 Å². The monoisotopic (exact) mass is 230 g/mol. The molecule has 1 aliphatic heterocycles. The minimum atomic E-state index is 0.336. The first-order valence-electron chi connectivity index (χ1n) is 6.85. The lowest BCUT2D eigenvalue weighted by atomic mass is 9.86. The molecule has 3 rings (SSSR count). The number of nitrogens with one attached hydrogen (secondary N) is 1. The molecule has 1 aromatic rings. The molecule has 0 amide bonds. The molecule has 0 unspecified atom stereocenters. The van der Waals surface area contributed by atoms with Crippen molar-refractivity contribution in [3.8, 4) is 0 Å². The Bertz CT molecular complexity index is 390. The van der Waals surface area contributed by atoms with E-state index in [1.54, 1.807) is 0 Å². The van der Waals surface area contributed by atoms with Crippen LogP contribution in [0.15, 0.2) is 24.3 Å². The summed E-state index contributed by atoms with van der Waals surface area (Å²) in [5, 5.41) is 3.43. The van der Waals surface area contributed by atoms with Crippen LogP contribution in [0.5, 0.6) is 0 Å². The van der Waals surface area contributed by atoms with E-state index in [1.165, 1.54) is 36.8 Å². The highest BCUT2D eigenvalue weighted by atomic mass is 14.9. The maximum Gasteiger partial charge on any atom is 0.00763 e. The molecule has 2 aliphatic rings. The molecule has 1 saturated heterocycles. The maximum absolute atomic E-state index is 5.92. The van der Waals surface area contributed by atoms with Gasteiger partial charge in [0.25, 0.3) is 0 Å². The van der Waals surface area contributed by atoms with E-state index in [0.29, 0.717) is 5.41 Å². The van der Waals surface area contributed by atoms with E-state index in [9.17, 15) is 0 Å². The van der Waals surface area contributed by atoms with Gasteiger partial charge >= 0.3 is 0 Å². The number of benzene rings is 1. The van der Waals surface area contributed by atoms with Crippen LogP contribution >= 0.6 is 0 Å². The number of nitrogens with two attached hydrogens (primary N) is 1. The van der Waals surface area contributed by atoms with Crippen molar-refractivity contribution in [2.24, 2.45) is 5.73 Å². The molecule has 0 atom stereocenters. The van der Waals surface area contributed by atoms with Gasteiger partial charge in [-0.2, -0.15) is 0 Å². The molecule has 92 valence electrons. The lowest BCUT2D eigenvalue weighted by molar-refractivity contribution is 0.460. The highest BCUT2D eigenvalue weighted by molar-refractivity contribution is 5.36. The maximum atomic E-state index is 5.92. The number of hydrogen-bond acceptors (Lipinski definition) is 2. The summed E-state index contributed by atoms with van der Waals surface area (Å²) in [6.07, 6.45) is 5.11. The van der Waals surface area contributed by atoms with Crippen LogP contribution in [0.1, 0.15) is 42.7 Å². The largest absolute Gasteiger partial charge is 0.330 e. The van der Waals surface area contributed by atoms with Crippen molar-refractivity contribution in [2.45, 2.75) is 37.0 Å². The first-order valence-corrected chi connectivity index (χ1v) is 6.85. The van der Waals surface area contributed by atoms with Gasteiger partial charge in [-0.1, -0.05) is 24.3 Å². The zero-order valence-corrected chi connectivity index (χ0v) is 10.4. The molecule has 1 aromatic carbocycles. The summed E-state index contributed by atoms with van der Waals surface area (Å²) in [5.74, 6) is 0.754. The standard InChI is InChI=1S/C15H22N2/c16-11-15(6-7-15)14-3-1-2-13(10-14)12-4-8-17-9-5-12/h1-3,10,12,17H,4-9,11,16H2. The SMILES string of the molecule is NCC1(c2cccc(C3CCNCC3)c2)CC1. The van der Waals surface area contributed by atoms with Crippen molar-refractivity contribution in [1.29, 1.82) is 0 Å². The van der Waals surface area contributed by atoms with Gasteiger partial charge in [0.1, 0.15) is 0 Å². The topological polar surface area (TPSA) is 38.0 Å². The molecule has 17 heavy (non-hydrogen) atoms. The Labute approximate surface area is 104 Å². The summed E-state index contributed by atoms with van der Waals surface area (Å²) in [5.41, 5.74) is 9.27. The Hall–Kier alpha value is -0.860. The minimum Gasteiger partial charge on any atom is -0.330 e. The Morgan fingerprint density at radius 1 is 1.24 bits per heavy atom. The van der Waals surface area contributed by atoms with Gasteiger partial charge in [-0.05, 0) is 55.8 Å². The Balaban J connectivity index is 1.83. The normalized spacial score (nSPS) is 23.6. The van der Waals surface area contributed by atoms with Gasteiger partial charge in [-0.25, -0.2) is 0 Å². The smallest absolute Gasteiger partial charge is 0.00763 e. The molecule has 3 N–H and O–H groups in total. The molecule has 1 aliphatic carbocycles. The fourth-order valence-electron chi connectivity index (χ4n) is 3.04. The van der Waals surface area contributed by atoms with Crippen molar-refractivity contribution in [1.82, 2.24) is 5.32 Å².